The minimum absolute atomic E-state index is 0.184. The molecule has 0 bridgehead atoms. The smallest absolute Gasteiger partial charge is 0.151 e. The Labute approximate surface area is 182 Å². The predicted octanol–water partition coefficient (Wildman–Crippen LogP) is 3.79. The molecule has 1 saturated heterocycles. The van der Waals surface area contributed by atoms with Crippen LogP contribution >= 0.6 is 0 Å². The lowest BCUT2D eigenvalue weighted by Crippen LogP contribution is -2.47. The third-order valence-corrected chi connectivity index (χ3v) is 5.63. The normalized spacial score (nSPS) is 14.7. The summed E-state index contributed by atoms with van der Waals surface area (Å²) < 4.78 is 24.0. The SMILES string of the molecule is COc1ccccc1-c1cc(CNCCCN2CCN(c3ccc(F)cc3)CC2)on1. The molecule has 0 aliphatic carbocycles. The van der Waals surface area contributed by atoms with E-state index in [9.17, 15) is 4.39 Å². The molecule has 1 aliphatic heterocycles. The van der Waals surface area contributed by atoms with E-state index >= 15 is 0 Å². The fraction of sp³-hybridized carbons (Fsp3) is 0.375. The van der Waals surface area contributed by atoms with Gasteiger partial charge in [0.1, 0.15) is 17.3 Å². The van der Waals surface area contributed by atoms with Gasteiger partial charge in [0.15, 0.2) is 5.76 Å². The van der Waals surface area contributed by atoms with Crippen molar-refractivity contribution in [2.45, 2.75) is 13.0 Å². The van der Waals surface area contributed by atoms with Gasteiger partial charge in [-0.25, -0.2) is 4.39 Å². The first-order chi connectivity index (χ1) is 15.2. The molecule has 1 N–H and O–H groups in total. The maximum Gasteiger partial charge on any atom is 0.151 e. The standard InChI is InChI=1S/C24H29FN4O2/c1-30-24-6-3-2-5-22(24)23-17-21(31-27-23)18-26-11-4-12-28-13-15-29(16-14-28)20-9-7-19(25)8-10-20/h2-3,5-10,17,26H,4,11-16,18H2,1H3. The molecular weight excluding hydrogens is 395 g/mol. The minimum atomic E-state index is -0.184. The zero-order chi connectivity index (χ0) is 21.5. The summed E-state index contributed by atoms with van der Waals surface area (Å²) in [6, 6.07) is 16.5. The van der Waals surface area contributed by atoms with Crippen LogP contribution in [0.2, 0.25) is 0 Å². The number of benzene rings is 2. The Kier molecular flexibility index (Phi) is 7.17. The van der Waals surface area contributed by atoms with Crippen molar-refractivity contribution in [3.05, 3.63) is 66.2 Å². The molecule has 0 spiro atoms. The van der Waals surface area contributed by atoms with Crippen molar-refractivity contribution in [3.8, 4) is 17.0 Å². The van der Waals surface area contributed by atoms with Gasteiger partial charge in [-0.05, 0) is 55.9 Å². The highest BCUT2D eigenvalue weighted by atomic mass is 19.1. The van der Waals surface area contributed by atoms with Gasteiger partial charge in [0, 0.05) is 43.5 Å². The van der Waals surface area contributed by atoms with Crippen molar-refractivity contribution in [2.75, 3.05) is 51.3 Å². The van der Waals surface area contributed by atoms with Gasteiger partial charge in [0.2, 0.25) is 0 Å². The van der Waals surface area contributed by atoms with Gasteiger partial charge >= 0.3 is 0 Å². The monoisotopic (exact) mass is 424 g/mol. The first-order valence-corrected chi connectivity index (χ1v) is 10.8. The molecule has 1 fully saturated rings. The molecule has 31 heavy (non-hydrogen) atoms. The Morgan fingerprint density at radius 1 is 1.06 bits per heavy atom. The average Bonchev–Trinajstić information content (AvgIpc) is 3.28. The van der Waals surface area contributed by atoms with E-state index < -0.39 is 0 Å². The van der Waals surface area contributed by atoms with E-state index in [1.807, 2.05) is 42.5 Å². The van der Waals surface area contributed by atoms with E-state index in [4.69, 9.17) is 9.26 Å². The summed E-state index contributed by atoms with van der Waals surface area (Å²) >= 11 is 0. The molecule has 0 radical (unpaired) electrons. The predicted molar refractivity (Wildman–Crippen MR) is 120 cm³/mol. The molecule has 164 valence electrons. The van der Waals surface area contributed by atoms with Crippen LogP contribution in [0, 0.1) is 5.82 Å². The number of rotatable bonds is 9. The van der Waals surface area contributed by atoms with Gasteiger partial charge in [-0.2, -0.15) is 0 Å². The van der Waals surface area contributed by atoms with Gasteiger partial charge in [-0.1, -0.05) is 17.3 Å². The number of ether oxygens (including phenoxy) is 1. The summed E-state index contributed by atoms with van der Waals surface area (Å²) in [5.74, 6) is 1.42. The van der Waals surface area contributed by atoms with Crippen LogP contribution < -0.4 is 15.0 Å². The lowest BCUT2D eigenvalue weighted by Gasteiger charge is -2.36. The molecule has 6 nitrogen and oxygen atoms in total. The molecule has 0 saturated carbocycles. The Balaban J connectivity index is 1.15. The number of hydrogen-bond donors (Lipinski definition) is 1. The van der Waals surface area contributed by atoms with Crippen LogP contribution in [-0.4, -0.2) is 56.4 Å². The number of piperazine rings is 1. The minimum Gasteiger partial charge on any atom is -0.496 e. The van der Waals surface area contributed by atoms with E-state index in [1.54, 1.807) is 7.11 Å². The molecular formula is C24H29FN4O2. The molecule has 2 aromatic carbocycles. The van der Waals surface area contributed by atoms with Crippen molar-refractivity contribution < 1.29 is 13.7 Å². The van der Waals surface area contributed by atoms with E-state index in [0.29, 0.717) is 6.54 Å². The molecule has 7 heteroatoms. The molecule has 4 rings (SSSR count). The number of para-hydroxylation sites is 1. The van der Waals surface area contributed by atoms with Crippen molar-refractivity contribution in [1.82, 2.24) is 15.4 Å². The van der Waals surface area contributed by atoms with Crippen LogP contribution in [0.4, 0.5) is 10.1 Å². The van der Waals surface area contributed by atoms with Crippen LogP contribution in [-0.2, 0) is 6.54 Å². The number of anilines is 1. The van der Waals surface area contributed by atoms with Crippen LogP contribution in [0.15, 0.2) is 59.1 Å². The van der Waals surface area contributed by atoms with Gasteiger partial charge in [0.05, 0.1) is 13.7 Å². The molecule has 0 atom stereocenters. The number of nitrogens with zero attached hydrogens (tertiary/aromatic N) is 3. The second-order valence-electron chi connectivity index (χ2n) is 7.71. The highest BCUT2D eigenvalue weighted by Gasteiger charge is 2.17. The van der Waals surface area contributed by atoms with Gasteiger partial charge in [-0.15, -0.1) is 0 Å². The summed E-state index contributed by atoms with van der Waals surface area (Å²) in [6.45, 7) is 6.64. The molecule has 3 aromatic rings. The Hall–Kier alpha value is -2.90. The van der Waals surface area contributed by atoms with Gasteiger partial charge in [0.25, 0.3) is 0 Å². The molecule has 2 heterocycles. The Bertz CT molecular complexity index is 952. The maximum absolute atomic E-state index is 13.1. The fourth-order valence-electron chi connectivity index (χ4n) is 3.90. The highest BCUT2D eigenvalue weighted by molar-refractivity contribution is 5.66. The zero-order valence-electron chi connectivity index (χ0n) is 17.9. The first kappa shape index (κ1) is 21.3. The van der Waals surface area contributed by atoms with E-state index in [2.05, 4.69) is 20.3 Å². The Morgan fingerprint density at radius 2 is 1.84 bits per heavy atom. The van der Waals surface area contributed by atoms with Crippen LogP contribution in [0.3, 0.4) is 0 Å². The van der Waals surface area contributed by atoms with Crippen LogP contribution in [0.25, 0.3) is 11.3 Å². The second-order valence-corrected chi connectivity index (χ2v) is 7.71. The molecule has 0 amide bonds. The topological polar surface area (TPSA) is 53.8 Å². The number of aromatic nitrogens is 1. The maximum atomic E-state index is 13.1. The second kappa shape index (κ2) is 10.4. The van der Waals surface area contributed by atoms with Gasteiger partial charge < -0.3 is 19.5 Å². The quantitative estimate of drug-likeness (QED) is 0.528. The summed E-state index contributed by atoms with van der Waals surface area (Å²) in [7, 11) is 1.66. The largest absolute Gasteiger partial charge is 0.496 e. The van der Waals surface area contributed by atoms with Crippen molar-refractivity contribution >= 4 is 5.69 Å². The summed E-state index contributed by atoms with van der Waals surface area (Å²) in [4.78, 5) is 4.80. The van der Waals surface area contributed by atoms with Gasteiger partial charge in [-0.3, -0.25) is 4.90 Å². The number of nitrogens with one attached hydrogen (secondary N) is 1. The Morgan fingerprint density at radius 3 is 2.61 bits per heavy atom. The number of hydrogen-bond acceptors (Lipinski definition) is 6. The third-order valence-electron chi connectivity index (χ3n) is 5.63. The molecule has 1 aromatic heterocycles. The third kappa shape index (κ3) is 5.62. The highest BCUT2D eigenvalue weighted by Crippen LogP contribution is 2.28. The summed E-state index contributed by atoms with van der Waals surface area (Å²) in [5.41, 5.74) is 2.82. The van der Waals surface area contributed by atoms with Crippen molar-refractivity contribution in [1.29, 1.82) is 0 Å². The summed E-state index contributed by atoms with van der Waals surface area (Å²) in [6.07, 6.45) is 1.07. The van der Waals surface area contributed by atoms with E-state index in [0.717, 1.165) is 74.1 Å². The summed E-state index contributed by atoms with van der Waals surface area (Å²) in [5, 5.41) is 7.61. The first-order valence-electron chi connectivity index (χ1n) is 10.8. The average molecular weight is 425 g/mol. The zero-order valence-corrected chi connectivity index (χ0v) is 17.9. The van der Waals surface area contributed by atoms with Crippen LogP contribution in [0.1, 0.15) is 12.2 Å². The number of halogens is 1. The lowest BCUT2D eigenvalue weighted by molar-refractivity contribution is 0.253. The van der Waals surface area contributed by atoms with E-state index in [1.165, 1.54) is 12.1 Å². The fourth-order valence-corrected chi connectivity index (χ4v) is 3.90. The van der Waals surface area contributed by atoms with Crippen molar-refractivity contribution in [2.24, 2.45) is 0 Å². The number of methoxy groups -OCH3 is 1. The molecule has 0 unspecified atom stereocenters. The lowest BCUT2D eigenvalue weighted by atomic mass is 10.1. The van der Waals surface area contributed by atoms with Crippen molar-refractivity contribution in [3.63, 3.8) is 0 Å². The molecule has 1 aliphatic rings. The van der Waals surface area contributed by atoms with E-state index in [-0.39, 0.29) is 5.82 Å². The van der Waals surface area contributed by atoms with Crippen LogP contribution in [0.5, 0.6) is 5.75 Å².